The molecule has 0 spiro atoms. The minimum atomic E-state index is -0.176. The average molecular weight is 401 g/mol. The van der Waals surface area contributed by atoms with Crippen molar-refractivity contribution in [1.29, 1.82) is 0 Å². The summed E-state index contributed by atoms with van der Waals surface area (Å²) >= 11 is 1.49. The highest BCUT2D eigenvalue weighted by molar-refractivity contribution is 7.11. The lowest BCUT2D eigenvalue weighted by Gasteiger charge is -2.13. The highest BCUT2D eigenvalue weighted by atomic mass is 32.1. The summed E-state index contributed by atoms with van der Waals surface area (Å²) in [5.74, 6) is 1.16. The van der Waals surface area contributed by atoms with Crippen LogP contribution in [0, 0.1) is 0 Å². The second-order valence-corrected chi connectivity index (χ2v) is 7.19. The molecule has 1 heterocycles. The second-order valence-electron chi connectivity index (χ2n) is 6.33. The molecule has 0 bridgehead atoms. The van der Waals surface area contributed by atoms with Gasteiger partial charge in [0.05, 0.1) is 21.3 Å². The molecule has 0 saturated heterocycles. The molecule has 1 aliphatic rings. The number of allylic oxidation sites excluding steroid dienone is 3. The molecule has 0 amide bonds. The SMILES string of the molecule is CNCC1=CC=C(c2nc(C(=O)c3cc(OC)c(OC)c(OC)c3)cs2)CC1. The zero-order valence-electron chi connectivity index (χ0n) is 16.5. The van der Waals surface area contributed by atoms with E-state index >= 15 is 0 Å². The number of carbonyl (C=O) groups excluding carboxylic acids is 1. The molecular formula is C21H24N2O4S. The van der Waals surface area contributed by atoms with Gasteiger partial charge in [0.25, 0.3) is 0 Å². The number of likely N-dealkylation sites (N-methyl/N-ethyl adjacent to an activating group) is 1. The van der Waals surface area contributed by atoms with Crippen LogP contribution in [-0.2, 0) is 0 Å². The van der Waals surface area contributed by atoms with Crippen molar-refractivity contribution in [3.63, 3.8) is 0 Å². The molecule has 1 N–H and O–H groups in total. The van der Waals surface area contributed by atoms with E-state index in [-0.39, 0.29) is 5.78 Å². The molecule has 0 saturated carbocycles. The minimum Gasteiger partial charge on any atom is -0.493 e. The van der Waals surface area contributed by atoms with E-state index in [0.717, 1.165) is 30.0 Å². The summed E-state index contributed by atoms with van der Waals surface area (Å²) in [4.78, 5) is 17.5. The van der Waals surface area contributed by atoms with Crippen molar-refractivity contribution in [2.45, 2.75) is 12.8 Å². The molecule has 1 aromatic heterocycles. The van der Waals surface area contributed by atoms with Crippen molar-refractivity contribution >= 4 is 22.7 Å². The number of ketones is 1. The summed E-state index contributed by atoms with van der Waals surface area (Å²) in [5, 5.41) is 5.86. The van der Waals surface area contributed by atoms with Crippen LogP contribution in [0.25, 0.3) is 5.57 Å². The van der Waals surface area contributed by atoms with Gasteiger partial charge in [-0.1, -0.05) is 17.7 Å². The molecule has 0 unspecified atom stereocenters. The number of hydrogen-bond donors (Lipinski definition) is 1. The molecule has 3 rings (SSSR count). The zero-order chi connectivity index (χ0) is 20.1. The topological polar surface area (TPSA) is 69.7 Å². The van der Waals surface area contributed by atoms with Crippen molar-refractivity contribution in [2.75, 3.05) is 34.9 Å². The monoisotopic (exact) mass is 400 g/mol. The Morgan fingerprint density at radius 1 is 1.11 bits per heavy atom. The van der Waals surface area contributed by atoms with Gasteiger partial charge in [0.15, 0.2) is 11.5 Å². The molecule has 28 heavy (non-hydrogen) atoms. The lowest BCUT2D eigenvalue weighted by Crippen LogP contribution is -2.11. The minimum absolute atomic E-state index is 0.176. The van der Waals surface area contributed by atoms with Crippen molar-refractivity contribution in [3.8, 4) is 17.2 Å². The van der Waals surface area contributed by atoms with E-state index in [9.17, 15) is 4.79 Å². The van der Waals surface area contributed by atoms with Crippen LogP contribution in [0.1, 0.15) is 33.9 Å². The van der Waals surface area contributed by atoms with Crippen molar-refractivity contribution < 1.29 is 19.0 Å². The third-order valence-electron chi connectivity index (χ3n) is 4.58. The van der Waals surface area contributed by atoms with Crippen LogP contribution in [0.2, 0.25) is 0 Å². The van der Waals surface area contributed by atoms with Gasteiger partial charge in [-0.25, -0.2) is 4.98 Å². The van der Waals surface area contributed by atoms with Gasteiger partial charge in [0.2, 0.25) is 11.5 Å². The maximum Gasteiger partial charge on any atom is 0.212 e. The molecule has 148 valence electrons. The standard InChI is InChI=1S/C21H24N2O4S/c1-22-11-13-5-7-14(8-6-13)21-23-16(12-28-21)19(24)15-9-17(25-2)20(27-4)18(10-15)26-3/h5,7,9-10,12,22H,6,8,11H2,1-4H3. The largest absolute Gasteiger partial charge is 0.493 e. The summed E-state index contributed by atoms with van der Waals surface area (Å²) < 4.78 is 16.0. The van der Waals surface area contributed by atoms with Crippen LogP contribution < -0.4 is 19.5 Å². The van der Waals surface area contributed by atoms with E-state index in [1.54, 1.807) is 17.5 Å². The summed E-state index contributed by atoms with van der Waals surface area (Å²) in [5.41, 5.74) is 3.39. The highest BCUT2D eigenvalue weighted by Gasteiger charge is 2.21. The number of thiazole rings is 1. The van der Waals surface area contributed by atoms with Gasteiger partial charge in [0.1, 0.15) is 10.7 Å². The van der Waals surface area contributed by atoms with E-state index in [1.165, 1.54) is 38.2 Å². The first-order valence-corrected chi connectivity index (χ1v) is 9.83. The summed E-state index contributed by atoms with van der Waals surface area (Å²) in [7, 11) is 6.53. The van der Waals surface area contributed by atoms with Crippen molar-refractivity contribution in [3.05, 3.63) is 51.5 Å². The Labute approximate surface area is 168 Å². The van der Waals surface area contributed by atoms with E-state index in [4.69, 9.17) is 14.2 Å². The number of rotatable bonds is 8. The summed E-state index contributed by atoms with van der Waals surface area (Å²) in [6, 6.07) is 3.30. The first-order valence-electron chi connectivity index (χ1n) is 8.95. The quantitative estimate of drug-likeness (QED) is 0.681. The van der Waals surface area contributed by atoms with Gasteiger partial charge in [-0.3, -0.25) is 4.79 Å². The first kappa shape index (κ1) is 20.1. The lowest BCUT2D eigenvalue weighted by molar-refractivity contribution is 0.103. The van der Waals surface area contributed by atoms with Gasteiger partial charge < -0.3 is 19.5 Å². The number of hydrogen-bond acceptors (Lipinski definition) is 7. The summed E-state index contributed by atoms with van der Waals surface area (Å²) in [6.07, 6.45) is 6.17. The van der Waals surface area contributed by atoms with Gasteiger partial charge in [0, 0.05) is 17.5 Å². The molecule has 1 aromatic carbocycles. The highest BCUT2D eigenvalue weighted by Crippen LogP contribution is 2.39. The summed E-state index contributed by atoms with van der Waals surface area (Å²) in [6.45, 7) is 0.895. The van der Waals surface area contributed by atoms with Crippen molar-refractivity contribution in [2.24, 2.45) is 0 Å². The molecule has 0 atom stereocenters. The molecule has 0 radical (unpaired) electrons. The van der Waals surface area contributed by atoms with Crippen LogP contribution in [0.15, 0.2) is 35.2 Å². The van der Waals surface area contributed by atoms with Crippen LogP contribution >= 0.6 is 11.3 Å². The zero-order valence-corrected chi connectivity index (χ0v) is 17.3. The van der Waals surface area contributed by atoms with Crippen LogP contribution in [-0.4, -0.2) is 45.7 Å². The fourth-order valence-corrected chi connectivity index (χ4v) is 3.97. The van der Waals surface area contributed by atoms with E-state index in [2.05, 4.69) is 22.5 Å². The fourth-order valence-electron chi connectivity index (χ4n) is 3.12. The average Bonchev–Trinajstić information content (AvgIpc) is 3.23. The molecular weight excluding hydrogens is 376 g/mol. The molecule has 1 aliphatic carbocycles. The van der Waals surface area contributed by atoms with Gasteiger partial charge in [-0.05, 0) is 37.6 Å². The van der Waals surface area contributed by atoms with Gasteiger partial charge in [-0.2, -0.15) is 0 Å². The van der Waals surface area contributed by atoms with Gasteiger partial charge >= 0.3 is 0 Å². The van der Waals surface area contributed by atoms with E-state index in [0.29, 0.717) is 28.5 Å². The third kappa shape index (κ3) is 4.10. The predicted molar refractivity (Wildman–Crippen MR) is 111 cm³/mol. The molecule has 0 fully saturated rings. The Morgan fingerprint density at radius 2 is 1.82 bits per heavy atom. The molecule has 6 nitrogen and oxygen atoms in total. The third-order valence-corrected chi connectivity index (χ3v) is 5.50. The van der Waals surface area contributed by atoms with Crippen LogP contribution in [0.5, 0.6) is 17.2 Å². The Hall–Kier alpha value is -2.64. The Kier molecular flexibility index (Phi) is 6.49. The maximum atomic E-state index is 13.0. The number of benzene rings is 1. The van der Waals surface area contributed by atoms with Gasteiger partial charge in [-0.15, -0.1) is 11.3 Å². The number of nitrogens with one attached hydrogen (secondary N) is 1. The van der Waals surface area contributed by atoms with Crippen LogP contribution in [0.3, 0.4) is 0 Å². The fraction of sp³-hybridized carbons (Fsp3) is 0.333. The molecule has 0 aliphatic heterocycles. The van der Waals surface area contributed by atoms with E-state index < -0.39 is 0 Å². The Morgan fingerprint density at radius 3 is 2.36 bits per heavy atom. The number of aromatic nitrogens is 1. The predicted octanol–water partition coefficient (Wildman–Crippen LogP) is 3.72. The normalized spacial score (nSPS) is 13.6. The van der Waals surface area contributed by atoms with Crippen LogP contribution in [0.4, 0.5) is 0 Å². The number of carbonyl (C=O) groups is 1. The Bertz CT molecular complexity index is 905. The van der Waals surface area contributed by atoms with E-state index in [1.807, 2.05) is 7.05 Å². The smallest absolute Gasteiger partial charge is 0.212 e. The Balaban J connectivity index is 1.87. The lowest BCUT2D eigenvalue weighted by atomic mass is 9.99. The first-order chi connectivity index (χ1) is 13.6. The number of methoxy groups -OCH3 is 3. The molecule has 2 aromatic rings. The number of nitrogens with zero attached hydrogens (tertiary/aromatic N) is 1. The molecule has 7 heteroatoms. The van der Waals surface area contributed by atoms with Crippen molar-refractivity contribution in [1.82, 2.24) is 10.3 Å². The maximum absolute atomic E-state index is 13.0. The number of ether oxygens (including phenoxy) is 3. The second kappa shape index (κ2) is 9.03.